The molecule has 1 amide bonds. The molecular formula is C24H39N5O2. The third-order valence-corrected chi connectivity index (χ3v) is 6.38. The highest BCUT2D eigenvalue weighted by Crippen LogP contribution is 2.19. The smallest absolute Gasteiger partial charge is 0.232 e. The monoisotopic (exact) mass is 429 g/mol. The lowest BCUT2D eigenvalue weighted by Gasteiger charge is -2.33. The summed E-state index contributed by atoms with van der Waals surface area (Å²) >= 11 is 0. The van der Waals surface area contributed by atoms with Crippen LogP contribution in [0.5, 0.6) is 0 Å². The summed E-state index contributed by atoms with van der Waals surface area (Å²) in [4.78, 5) is 22.1. The Morgan fingerprint density at radius 3 is 2.65 bits per heavy atom. The SMILES string of the molecule is CN=C(NCCCN1CCCCC1C)NCC(C(=O)N1CCOCC1)c1ccccc1. The molecule has 7 heteroatoms. The van der Waals surface area contributed by atoms with E-state index in [0.29, 0.717) is 38.9 Å². The fourth-order valence-corrected chi connectivity index (χ4v) is 4.44. The van der Waals surface area contributed by atoms with E-state index in [9.17, 15) is 4.79 Å². The van der Waals surface area contributed by atoms with Gasteiger partial charge in [-0.05, 0) is 38.3 Å². The molecule has 0 saturated carbocycles. The van der Waals surface area contributed by atoms with Gasteiger partial charge in [-0.15, -0.1) is 0 Å². The van der Waals surface area contributed by atoms with E-state index in [0.717, 1.165) is 31.0 Å². The molecular weight excluding hydrogens is 390 g/mol. The lowest BCUT2D eigenvalue weighted by molar-refractivity contribution is -0.136. The quantitative estimate of drug-likeness (QED) is 0.376. The zero-order valence-corrected chi connectivity index (χ0v) is 19.2. The lowest BCUT2D eigenvalue weighted by Crippen LogP contribution is -2.47. The fraction of sp³-hybridized carbons (Fsp3) is 0.667. The van der Waals surface area contributed by atoms with E-state index in [1.54, 1.807) is 7.05 Å². The van der Waals surface area contributed by atoms with Crippen LogP contribution in [0.15, 0.2) is 35.3 Å². The number of morpholine rings is 1. The molecule has 0 radical (unpaired) electrons. The first-order valence-electron chi connectivity index (χ1n) is 11.8. The number of guanidine groups is 1. The van der Waals surface area contributed by atoms with Crippen LogP contribution in [0.3, 0.4) is 0 Å². The fourth-order valence-electron chi connectivity index (χ4n) is 4.44. The van der Waals surface area contributed by atoms with Crippen molar-refractivity contribution in [3.63, 3.8) is 0 Å². The normalized spacial score (nSPS) is 21.5. The predicted octanol–water partition coefficient (Wildman–Crippen LogP) is 2.06. The minimum absolute atomic E-state index is 0.150. The Morgan fingerprint density at radius 2 is 1.94 bits per heavy atom. The first kappa shape index (κ1) is 23.5. The molecule has 2 heterocycles. The highest BCUT2D eigenvalue weighted by molar-refractivity contribution is 5.86. The van der Waals surface area contributed by atoms with Crippen molar-refractivity contribution in [1.82, 2.24) is 20.4 Å². The molecule has 31 heavy (non-hydrogen) atoms. The van der Waals surface area contributed by atoms with Gasteiger partial charge >= 0.3 is 0 Å². The molecule has 2 fully saturated rings. The van der Waals surface area contributed by atoms with E-state index < -0.39 is 0 Å². The number of ether oxygens (including phenoxy) is 1. The first-order chi connectivity index (χ1) is 15.2. The Bertz CT molecular complexity index is 690. The summed E-state index contributed by atoms with van der Waals surface area (Å²) in [5, 5.41) is 6.80. The molecule has 3 rings (SSSR count). The largest absolute Gasteiger partial charge is 0.378 e. The Labute approximate surface area is 187 Å². The number of hydrogen-bond donors (Lipinski definition) is 2. The Morgan fingerprint density at radius 1 is 1.16 bits per heavy atom. The average Bonchev–Trinajstić information content (AvgIpc) is 2.82. The highest BCUT2D eigenvalue weighted by Gasteiger charge is 2.27. The molecule has 1 aromatic carbocycles. The van der Waals surface area contributed by atoms with Crippen LogP contribution in [0, 0.1) is 0 Å². The van der Waals surface area contributed by atoms with Gasteiger partial charge in [-0.1, -0.05) is 36.8 Å². The summed E-state index contributed by atoms with van der Waals surface area (Å²) in [6, 6.07) is 10.7. The average molecular weight is 430 g/mol. The summed E-state index contributed by atoms with van der Waals surface area (Å²) in [5.74, 6) is 0.658. The second-order valence-corrected chi connectivity index (χ2v) is 8.52. The molecule has 172 valence electrons. The minimum atomic E-state index is -0.243. The zero-order valence-electron chi connectivity index (χ0n) is 19.2. The van der Waals surface area contributed by atoms with Crippen molar-refractivity contribution >= 4 is 11.9 Å². The number of amides is 1. The molecule has 0 aliphatic carbocycles. The number of rotatable bonds is 8. The number of hydrogen-bond acceptors (Lipinski definition) is 4. The van der Waals surface area contributed by atoms with Crippen molar-refractivity contribution in [2.75, 3.05) is 59.5 Å². The maximum Gasteiger partial charge on any atom is 0.232 e. The van der Waals surface area contributed by atoms with Crippen molar-refractivity contribution in [2.45, 2.75) is 44.6 Å². The molecule has 2 aliphatic rings. The van der Waals surface area contributed by atoms with E-state index in [-0.39, 0.29) is 11.8 Å². The van der Waals surface area contributed by atoms with E-state index >= 15 is 0 Å². The molecule has 1 aromatic rings. The molecule has 2 aliphatic heterocycles. The predicted molar refractivity (Wildman–Crippen MR) is 125 cm³/mol. The van der Waals surface area contributed by atoms with Crippen molar-refractivity contribution in [3.05, 3.63) is 35.9 Å². The van der Waals surface area contributed by atoms with Gasteiger partial charge in [0, 0.05) is 45.8 Å². The molecule has 2 saturated heterocycles. The molecule has 2 N–H and O–H groups in total. The highest BCUT2D eigenvalue weighted by atomic mass is 16.5. The Balaban J connectivity index is 1.49. The topological polar surface area (TPSA) is 69.2 Å². The maximum atomic E-state index is 13.2. The standard InChI is InChI=1S/C24H39N5O2/c1-20-9-6-7-13-28(20)14-8-12-26-24(25-2)27-19-22(21-10-4-3-5-11-21)23(30)29-15-17-31-18-16-29/h3-5,10-11,20,22H,6-9,12-19H2,1-2H3,(H2,25,26,27). The number of likely N-dealkylation sites (tertiary alicyclic amines) is 1. The molecule has 0 spiro atoms. The van der Waals surface area contributed by atoms with E-state index in [1.165, 1.54) is 25.8 Å². The molecule has 2 atom stereocenters. The number of benzene rings is 1. The van der Waals surface area contributed by atoms with Gasteiger partial charge in [0.2, 0.25) is 5.91 Å². The van der Waals surface area contributed by atoms with Gasteiger partial charge in [-0.3, -0.25) is 9.79 Å². The molecule has 7 nitrogen and oxygen atoms in total. The first-order valence-corrected chi connectivity index (χ1v) is 11.8. The number of nitrogens with one attached hydrogen (secondary N) is 2. The van der Waals surface area contributed by atoms with E-state index in [1.807, 2.05) is 35.2 Å². The van der Waals surface area contributed by atoms with Gasteiger partial charge in [-0.25, -0.2) is 0 Å². The second-order valence-electron chi connectivity index (χ2n) is 8.52. The van der Waals surface area contributed by atoms with Crippen molar-refractivity contribution in [3.8, 4) is 0 Å². The van der Waals surface area contributed by atoms with Gasteiger partial charge in [0.05, 0.1) is 19.1 Å². The number of carbonyl (C=O) groups is 1. The van der Waals surface area contributed by atoms with Crippen LogP contribution in [-0.2, 0) is 9.53 Å². The summed E-state index contributed by atoms with van der Waals surface area (Å²) < 4.78 is 5.41. The molecule has 2 unspecified atom stereocenters. The number of piperidine rings is 1. The van der Waals surface area contributed by atoms with Crippen molar-refractivity contribution < 1.29 is 9.53 Å². The molecule has 0 aromatic heterocycles. The lowest BCUT2D eigenvalue weighted by atomic mass is 9.97. The van der Waals surface area contributed by atoms with Crippen LogP contribution in [-0.4, -0.2) is 87.2 Å². The molecule has 0 bridgehead atoms. The zero-order chi connectivity index (χ0) is 21.9. The number of aliphatic imine (C=N–C) groups is 1. The van der Waals surface area contributed by atoms with Crippen LogP contribution in [0.25, 0.3) is 0 Å². The van der Waals surface area contributed by atoms with Gasteiger partial charge in [0.25, 0.3) is 0 Å². The van der Waals surface area contributed by atoms with Crippen LogP contribution in [0.2, 0.25) is 0 Å². The maximum absolute atomic E-state index is 13.2. The van der Waals surface area contributed by atoms with E-state index in [2.05, 4.69) is 27.4 Å². The van der Waals surface area contributed by atoms with Gasteiger partial charge < -0.3 is 25.2 Å². The summed E-state index contributed by atoms with van der Waals surface area (Å²) in [6.45, 7) is 8.60. The third-order valence-electron chi connectivity index (χ3n) is 6.38. The minimum Gasteiger partial charge on any atom is -0.378 e. The number of nitrogens with zero attached hydrogens (tertiary/aromatic N) is 3. The Kier molecular flexibility index (Phi) is 9.62. The van der Waals surface area contributed by atoms with Crippen LogP contribution in [0.4, 0.5) is 0 Å². The van der Waals surface area contributed by atoms with Gasteiger partial charge in [-0.2, -0.15) is 0 Å². The van der Waals surface area contributed by atoms with Crippen molar-refractivity contribution in [2.24, 2.45) is 4.99 Å². The van der Waals surface area contributed by atoms with Crippen LogP contribution in [0.1, 0.15) is 44.1 Å². The van der Waals surface area contributed by atoms with Crippen molar-refractivity contribution in [1.29, 1.82) is 0 Å². The summed E-state index contributed by atoms with van der Waals surface area (Å²) in [7, 11) is 1.78. The second kappa shape index (κ2) is 12.7. The van der Waals surface area contributed by atoms with Crippen LogP contribution < -0.4 is 10.6 Å². The van der Waals surface area contributed by atoms with E-state index in [4.69, 9.17) is 4.74 Å². The van der Waals surface area contributed by atoms with Gasteiger partial charge in [0.15, 0.2) is 5.96 Å². The van der Waals surface area contributed by atoms with Gasteiger partial charge in [0.1, 0.15) is 0 Å². The number of carbonyl (C=O) groups excluding carboxylic acids is 1. The van der Waals surface area contributed by atoms with Crippen LogP contribution >= 0.6 is 0 Å². The summed E-state index contributed by atoms with van der Waals surface area (Å²) in [6.07, 6.45) is 5.08. The Hall–Kier alpha value is -2.12. The third kappa shape index (κ3) is 7.21. The summed E-state index contributed by atoms with van der Waals surface area (Å²) in [5.41, 5.74) is 1.03.